The van der Waals surface area contributed by atoms with E-state index in [9.17, 15) is 14.4 Å². The van der Waals surface area contributed by atoms with Crippen molar-refractivity contribution in [2.75, 3.05) is 6.54 Å². The number of nitrogens with one attached hydrogen (secondary N) is 2. The second-order valence-corrected chi connectivity index (χ2v) is 12.3. The van der Waals surface area contributed by atoms with Crippen LogP contribution in [-0.4, -0.2) is 46.5 Å². The first-order valence-electron chi connectivity index (χ1n) is 13.7. The Hall–Kier alpha value is -2.57. The number of carbonyl (C=O) groups excluding carboxylic acids is 3. The number of amides is 3. The van der Waals surface area contributed by atoms with Crippen molar-refractivity contribution in [1.82, 2.24) is 15.5 Å². The molecule has 1 aromatic carbocycles. The normalized spacial score (nSPS) is 14.4. The van der Waals surface area contributed by atoms with E-state index in [0.717, 1.165) is 36.0 Å². The molecular formula is C30H51N3O4. The molecule has 0 saturated carbocycles. The molecular weight excluding hydrogens is 466 g/mol. The van der Waals surface area contributed by atoms with Crippen LogP contribution < -0.4 is 10.6 Å². The van der Waals surface area contributed by atoms with Crippen LogP contribution in [0.15, 0.2) is 18.2 Å². The van der Waals surface area contributed by atoms with Crippen molar-refractivity contribution in [3.05, 3.63) is 34.9 Å². The van der Waals surface area contributed by atoms with Gasteiger partial charge in [0.2, 0.25) is 11.8 Å². The van der Waals surface area contributed by atoms with Crippen LogP contribution in [0.5, 0.6) is 0 Å². The van der Waals surface area contributed by atoms with E-state index >= 15 is 0 Å². The van der Waals surface area contributed by atoms with E-state index in [1.165, 1.54) is 0 Å². The predicted molar refractivity (Wildman–Crippen MR) is 150 cm³/mol. The summed E-state index contributed by atoms with van der Waals surface area (Å²) in [5.74, 6) is -0.656. The second kappa shape index (κ2) is 13.8. The molecule has 0 radical (unpaired) electrons. The molecule has 3 amide bonds. The number of hydrogen-bond acceptors (Lipinski definition) is 4. The lowest BCUT2D eigenvalue weighted by molar-refractivity contribution is -0.144. The lowest BCUT2D eigenvalue weighted by Gasteiger charge is -2.38. The van der Waals surface area contributed by atoms with Crippen LogP contribution >= 0.6 is 0 Å². The maximum atomic E-state index is 14.3. The molecule has 7 nitrogen and oxygen atoms in total. The molecule has 0 spiro atoms. The van der Waals surface area contributed by atoms with E-state index in [1.54, 1.807) is 25.7 Å². The fourth-order valence-electron chi connectivity index (χ4n) is 4.14. The minimum absolute atomic E-state index is 0.154. The van der Waals surface area contributed by atoms with Gasteiger partial charge >= 0.3 is 6.09 Å². The third-order valence-electron chi connectivity index (χ3n) is 6.22. The number of carbonyl (C=O) groups is 3. The molecule has 0 aliphatic carbocycles. The molecule has 2 N–H and O–H groups in total. The Morgan fingerprint density at radius 2 is 1.62 bits per heavy atom. The maximum absolute atomic E-state index is 14.3. The first-order chi connectivity index (χ1) is 17.0. The van der Waals surface area contributed by atoms with E-state index < -0.39 is 29.3 Å². The first kappa shape index (κ1) is 32.5. The smallest absolute Gasteiger partial charge is 0.408 e. The fourth-order valence-corrected chi connectivity index (χ4v) is 4.14. The first-order valence-corrected chi connectivity index (χ1v) is 13.7. The number of alkyl carbamates (subject to hydrolysis) is 1. The van der Waals surface area contributed by atoms with Crippen molar-refractivity contribution >= 4 is 17.9 Å². The topological polar surface area (TPSA) is 87.7 Å². The highest BCUT2D eigenvalue weighted by atomic mass is 16.6. The Labute approximate surface area is 225 Å². The zero-order chi connectivity index (χ0) is 28.6. The molecule has 3 unspecified atom stereocenters. The second-order valence-electron chi connectivity index (χ2n) is 12.3. The summed E-state index contributed by atoms with van der Waals surface area (Å²) < 4.78 is 5.48. The van der Waals surface area contributed by atoms with Crippen LogP contribution in [0.1, 0.15) is 111 Å². The average Bonchev–Trinajstić information content (AvgIpc) is 2.75. The molecule has 7 heteroatoms. The van der Waals surface area contributed by atoms with Crippen LogP contribution in [0.4, 0.5) is 4.79 Å². The third kappa shape index (κ3) is 10.7. The van der Waals surface area contributed by atoms with Gasteiger partial charge in [-0.05, 0) is 78.9 Å². The highest BCUT2D eigenvalue weighted by Gasteiger charge is 2.39. The van der Waals surface area contributed by atoms with E-state index in [1.807, 2.05) is 66.7 Å². The zero-order valence-electron chi connectivity index (χ0n) is 25.1. The Morgan fingerprint density at radius 3 is 2.14 bits per heavy atom. The Kier molecular flexibility index (Phi) is 12.1. The quantitative estimate of drug-likeness (QED) is 0.341. The van der Waals surface area contributed by atoms with Gasteiger partial charge in [0.05, 0.1) is 0 Å². The molecule has 3 atom stereocenters. The van der Waals surface area contributed by atoms with E-state index in [-0.39, 0.29) is 17.7 Å². The molecule has 0 fully saturated rings. The van der Waals surface area contributed by atoms with Gasteiger partial charge in [-0.1, -0.05) is 63.8 Å². The van der Waals surface area contributed by atoms with Crippen molar-refractivity contribution in [2.45, 2.75) is 125 Å². The van der Waals surface area contributed by atoms with Crippen molar-refractivity contribution in [3.8, 4) is 0 Å². The third-order valence-corrected chi connectivity index (χ3v) is 6.22. The van der Waals surface area contributed by atoms with Gasteiger partial charge in [0.15, 0.2) is 0 Å². The summed E-state index contributed by atoms with van der Waals surface area (Å²) in [6.07, 6.45) is 2.71. The minimum atomic E-state index is -0.824. The summed E-state index contributed by atoms with van der Waals surface area (Å²) >= 11 is 0. The molecule has 1 aromatic rings. The van der Waals surface area contributed by atoms with Crippen LogP contribution in [0.3, 0.4) is 0 Å². The summed E-state index contributed by atoms with van der Waals surface area (Å²) in [5, 5.41) is 5.93. The minimum Gasteiger partial charge on any atom is -0.444 e. The largest absolute Gasteiger partial charge is 0.444 e. The molecule has 0 aromatic heterocycles. The lowest BCUT2D eigenvalue weighted by atomic mass is 9.92. The van der Waals surface area contributed by atoms with E-state index in [4.69, 9.17) is 4.74 Å². The summed E-state index contributed by atoms with van der Waals surface area (Å²) in [6.45, 7) is 21.5. The van der Waals surface area contributed by atoms with Crippen molar-refractivity contribution in [3.63, 3.8) is 0 Å². The Balaban J connectivity index is 3.64. The molecule has 210 valence electrons. The number of benzene rings is 1. The zero-order valence-corrected chi connectivity index (χ0v) is 25.1. The van der Waals surface area contributed by atoms with Gasteiger partial charge in [-0.3, -0.25) is 9.59 Å². The Bertz CT molecular complexity index is 914. The van der Waals surface area contributed by atoms with Gasteiger partial charge in [0.1, 0.15) is 17.7 Å². The summed E-state index contributed by atoms with van der Waals surface area (Å²) in [4.78, 5) is 42.6. The van der Waals surface area contributed by atoms with Gasteiger partial charge in [-0.2, -0.15) is 0 Å². The summed E-state index contributed by atoms with van der Waals surface area (Å²) in [6, 6.07) is 4.34. The average molecular weight is 518 g/mol. The van der Waals surface area contributed by atoms with Crippen LogP contribution in [0, 0.1) is 19.8 Å². The SMILES string of the molecule is CCCCCN(C(=O)C(NC(=O)OC(C)(C)C)C(C)CC)C(C(=O)NC(C)(C)C)c1cc(C)ccc1C. The number of rotatable bonds is 11. The van der Waals surface area contributed by atoms with Gasteiger partial charge in [-0.15, -0.1) is 0 Å². The van der Waals surface area contributed by atoms with Gasteiger partial charge in [0.25, 0.3) is 0 Å². The summed E-state index contributed by atoms with van der Waals surface area (Å²) in [7, 11) is 0. The maximum Gasteiger partial charge on any atom is 0.408 e. The molecule has 0 heterocycles. The Morgan fingerprint density at radius 1 is 1.00 bits per heavy atom. The molecule has 0 aliphatic rings. The highest BCUT2D eigenvalue weighted by Crippen LogP contribution is 2.29. The van der Waals surface area contributed by atoms with Gasteiger partial charge in [0, 0.05) is 12.1 Å². The van der Waals surface area contributed by atoms with Crippen LogP contribution in [-0.2, 0) is 14.3 Å². The lowest BCUT2D eigenvalue weighted by Crippen LogP contribution is -2.56. The molecule has 0 aliphatic heterocycles. The highest BCUT2D eigenvalue weighted by molar-refractivity contribution is 5.92. The standard InChI is InChI=1S/C30H51N3O4/c1-12-14-15-18-33(27(35)24(21(4)13-2)31-28(36)37-30(9,10)11)25(26(34)32-29(6,7)8)23-19-20(3)16-17-22(23)5/h16-17,19,21,24-25H,12-15,18H2,1-11H3,(H,31,36)(H,32,34). The van der Waals surface area contributed by atoms with Crippen molar-refractivity contribution in [1.29, 1.82) is 0 Å². The molecule has 0 bridgehead atoms. The number of nitrogens with zero attached hydrogens (tertiary/aromatic N) is 1. The van der Waals surface area contributed by atoms with Gasteiger partial charge in [-0.25, -0.2) is 4.79 Å². The summed E-state index contributed by atoms with van der Waals surface area (Å²) in [5.41, 5.74) is 1.58. The molecule has 1 rings (SSSR count). The fraction of sp³-hybridized carbons (Fsp3) is 0.700. The van der Waals surface area contributed by atoms with Gasteiger partial charge < -0.3 is 20.3 Å². The van der Waals surface area contributed by atoms with Crippen molar-refractivity contribution in [2.24, 2.45) is 5.92 Å². The number of hydrogen-bond donors (Lipinski definition) is 2. The van der Waals surface area contributed by atoms with Crippen molar-refractivity contribution < 1.29 is 19.1 Å². The van der Waals surface area contributed by atoms with Crippen LogP contribution in [0.25, 0.3) is 0 Å². The number of ether oxygens (including phenoxy) is 1. The monoisotopic (exact) mass is 517 g/mol. The molecule has 0 saturated heterocycles. The molecule has 37 heavy (non-hydrogen) atoms. The van der Waals surface area contributed by atoms with Crippen LogP contribution in [0.2, 0.25) is 0 Å². The number of aryl methyl sites for hydroxylation is 2. The number of unbranched alkanes of at least 4 members (excludes halogenated alkanes) is 2. The predicted octanol–water partition coefficient (Wildman–Crippen LogP) is 6.22. The van der Waals surface area contributed by atoms with E-state index in [2.05, 4.69) is 17.6 Å². The van der Waals surface area contributed by atoms with E-state index in [0.29, 0.717) is 13.0 Å².